The monoisotopic (exact) mass is 324 g/mol. The van der Waals surface area contributed by atoms with E-state index < -0.39 is 10.3 Å². The molecule has 0 amide bonds. The van der Waals surface area contributed by atoms with Crippen LogP contribution in [0.5, 0.6) is 5.75 Å². The van der Waals surface area contributed by atoms with E-state index in [9.17, 15) is 13.2 Å². The van der Waals surface area contributed by atoms with Gasteiger partial charge in [0.15, 0.2) is 0 Å². The van der Waals surface area contributed by atoms with Crippen molar-refractivity contribution in [2.45, 2.75) is 0 Å². The molecule has 2 rings (SSSR count). The zero-order valence-electron chi connectivity index (χ0n) is 11.8. The van der Waals surface area contributed by atoms with E-state index in [-0.39, 0.29) is 0 Å². The lowest BCUT2D eigenvalue weighted by atomic mass is 10.2. The smallest absolute Gasteiger partial charge is 0.350 e. The van der Waals surface area contributed by atoms with E-state index in [0.29, 0.717) is 11.3 Å². The fourth-order valence-electron chi connectivity index (χ4n) is 1.33. The van der Waals surface area contributed by atoms with Crippen LogP contribution in [0.3, 0.4) is 0 Å². The van der Waals surface area contributed by atoms with Crippen LogP contribution < -0.4 is 15.0 Å². The molecule has 0 saturated heterocycles. The first-order chi connectivity index (χ1) is 10.4. The van der Waals surface area contributed by atoms with Crippen molar-refractivity contribution in [1.29, 1.82) is 0 Å². The summed E-state index contributed by atoms with van der Waals surface area (Å²) in [6, 6.07) is 15.5. The minimum absolute atomic E-state index is 0.551. The van der Waals surface area contributed by atoms with Gasteiger partial charge in [-0.25, -0.2) is 0 Å². The zero-order valence-corrected chi connectivity index (χ0v) is 12.6. The molecule has 22 heavy (non-hydrogen) atoms. The first kappa shape index (κ1) is 17.6. The Morgan fingerprint density at radius 1 is 1.05 bits per heavy atom. The number of para-hydroxylation sites is 1. The van der Waals surface area contributed by atoms with Crippen LogP contribution in [0.1, 0.15) is 10.4 Å². The Hall–Kier alpha value is -2.42. The number of hydrazine groups is 1. The van der Waals surface area contributed by atoms with Crippen molar-refractivity contribution in [1.82, 2.24) is 4.83 Å². The number of rotatable bonds is 5. The van der Waals surface area contributed by atoms with E-state index in [0.717, 1.165) is 12.0 Å². The molecule has 0 atom stereocenters. The van der Waals surface area contributed by atoms with E-state index in [2.05, 4.69) is 5.43 Å². The Morgan fingerprint density at radius 2 is 1.64 bits per heavy atom. The third kappa shape index (κ3) is 7.39. The largest absolute Gasteiger partial charge is 0.497 e. The molecule has 0 radical (unpaired) electrons. The molecule has 0 aromatic heterocycles. The summed E-state index contributed by atoms with van der Waals surface area (Å²) in [5, 5.41) is 0. The standard InChI is InChI=1S/C8H8O2.C6H8N2O3S/c1-10-8-4-2-7(6-9)3-5-8;9-12(10,11)8-7-6-4-2-1-3-5-6/h2-6H,1H3;1-5,7-8H,(H,9,10,11). The molecule has 2 aromatic rings. The van der Waals surface area contributed by atoms with Crippen LogP contribution in [-0.2, 0) is 10.3 Å². The summed E-state index contributed by atoms with van der Waals surface area (Å²) in [6.45, 7) is 0. The Bertz CT molecular complexity index is 672. The number of methoxy groups -OCH3 is 1. The fourth-order valence-corrected chi connectivity index (χ4v) is 1.57. The van der Waals surface area contributed by atoms with Crippen LogP contribution in [0.25, 0.3) is 0 Å². The van der Waals surface area contributed by atoms with Crippen molar-refractivity contribution in [3.8, 4) is 5.75 Å². The first-order valence-electron chi connectivity index (χ1n) is 6.09. The first-order valence-corrected chi connectivity index (χ1v) is 7.53. The summed E-state index contributed by atoms with van der Waals surface area (Å²) in [6.07, 6.45) is 0.805. The highest BCUT2D eigenvalue weighted by Crippen LogP contribution is 2.09. The van der Waals surface area contributed by atoms with E-state index in [4.69, 9.17) is 9.29 Å². The molecule has 8 heteroatoms. The van der Waals surface area contributed by atoms with Crippen molar-refractivity contribution in [2.24, 2.45) is 0 Å². The molecule has 2 aromatic carbocycles. The van der Waals surface area contributed by atoms with Crippen molar-refractivity contribution >= 4 is 22.3 Å². The lowest BCUT2D eigenvalue weighted by molar-refractivity contribution is 0.112. The third-order valence-electron chi connectivity index (χ3n) is 2.35. The van der Waals surface area contributed by atoms with Gasteiger partial charge in [-0.2, -0.15) is 8.42 Å². The highest BCUT2D eigenvalue weighted by atomic mass is 32.2. The highest BCUT2D eigenvalue weighted by molar-refractivity contribution is 7.83. The molecule has 0 heterocycles. The molecule has 0 fully saturated rings. The second-order valence-electron chi connectivity index (χ2n) is 3.96. The number of anilines is 1. The van der Waals surface area contributed by atoms with Gasteiger partial charge >= 0.3 is 10.3 Å². The van der Waals surface area contributed by atoms with Gasteiger partial charge < -0.3 is 10.2 Å². The van der Waals surface area contributed by atoms with E-state index in [1.807, 2.05) is 0 Å². The zero-order chi connectivity index (χ0) is 16.4. The molecule has 7 nitrogen and oxygen atoms in total. The second kappa shape index (κ2) is 8.78. The van der Waals surface area contributed by atoms with Crippen LogP contribution in [0.2, 0.25) is 0 Å². The maximum atomic E-state index is 10.2. The maximum absolute atomic E-state index is 10.2. The molecule has 0 saturated carbocycles. The van der Waals surface area contributed by atoms with Crippen LogP contribution >= 0.6 is 0 Å². The summed E-state index contributed by atoms with van der Waals surface area (Å²) in [5.74, 6) is 0.769. The molecule has 0 bridgehead atoms. The molecule has 3 N–H and O–H groups in total. The normalized spacial score (nSPS) is 10.1. The molecule has 0 aliphatic heterocycles. The molecule has 0 unspecified atom stereocenters. The number of hydrogen-bond donors (Lipinski definition) is 3. The lowest BCUT2D eigenvalue weighted by Gasteiger charge is -2.03. The van der Waals surface area contributed by atoms with Gasteiger partial charge in [0.2, 0.25) is 0 Å². The van der Waals surface area contributed by atoms with E-state index in [1.165, 1.54) is 0 Å². The Morgan fingerprint density at radius 3 is 2.09 bits per heavy atom. The van der Waals surface area contributed by atoms with Crippen LogP contribution in [0.4, 0.5) is 5.69 Å². The Labute approximate surface area is 128 Å². The Balaban J connectivity index is 0.000000224. The van der Waals surface area contributed by atoms with Gasteiger partial charge in [-0.15, -0.1) is 4.83 Å². The number of hydrogen-bond acceptors (Lipinski definition) is 5. The van der Waals surface area contributed by atoms with Crippen molar-refractivity contribution < 1.29 is 22.5 Å². The second-order valence-corrected chi connectivity index (χ2v) is 5.11. The van der Waals surface area contributed by atoms with Crippen LogP contribution in [0, 0.1) is 0 Å². The van der Waals surface area contributed by atoms with Gasteiger partial charge in [-0.3, -0.25) is 9.35 Å². The number of benzene rings is 2. The van der Waals surface area contributed by atoms with Crippen molar-refractivity contribution in [3.05, 3.63) is 60.2 Å². The molecule has 0 aliphatic rings. The summed E-state index contributed by atoms with van der Waals surface area (Å²) < 4.78 is 33.5. The SMILES string of the molecule is COc1ccc(C=O)cc1.O=S(=O)(O)NNc1ccccc1. The number of carbonyl (C=O) groups is 1. The van der Waals surface area contributed by atoms with Crippen molar-refractivity contribution in [2.75, 3.05) is 12.5 Å². The summed E-state index contributed by atoms with van der Waals surface area (Å²) in [7, 11) is -2.59. The number of ether oxygens (including phenoxy) is 1. The lowest BCUT2D eigenvalue weighted by Crippen LogP contribution is -2.28. The highest BCUT2D eigenvalue weighted by Gasteiger charge is 1.99. The number of aldehydes is 1. The maximum Gasteiger partial charge on any atom is 0.350 e. The molecular weight excluding hydrogens is 308 g/mol. The summed E-state index contributed by atoms with van der Waals surface area (Å²) >= 11 is 0. The van der Waals surface area contributed by atoms with Gasteiger partial charge in [0.25, 0.3) is 0 Å². The predicted molar refractivity (Wildman–Crippen MR) is 83.1 cm³/mol. The van der Waals surface area contributed by atoms with Gasteiger partial charge in [0.1, 0.15) is 12.0 Å². The van der Waals surface area contributed by atoms with Crippen molar-refractivity contribution in [3.63, 3.8) is 0 Å². The van der Waals surface area contributed by atoms with Gasteiger partial charge in [0.05, 0.1) is 7.11 Å². The van der Waals surface area contributed by atoms with Gasteiger partial charge in [0, 0.05) is 11.3 Å². The van der Waals surface area contributed by atoms with Gasteiger partial charge in [-0.1, -0.05) is 18.2 Å². The molecule has 0 aliphatic carbocycles. The average molecular weight is 324 g/mol. The quantitative estimate of drug-likeness (QED) is 0.441. The van der Waals surface area contributed by atoms with Crippen LogP contribution in [-0.4, -0.2) is 26.4 Å². The topological polar surface area (TPSA) is 105 Å². The fraction of sp³-hybridized carbons (Fsp3) is 0.0714. The summed E-state index contributed by atoms with van der Waals surface area (Å²) in [5.41, 5.74) is 3.52. The van der Waals surface area contributed by atoms with E-state index >= 15 is 0 Å². The number of carbonyl (C=O) groups excluding carboxylic acids is 1. The number of nitrogens with one attached hydrogen (secondary N) is 2. The van der Waals surface area contributed by atoms with Gasteiger partial charge in [-0.05, 0) is 36.4 Å². The predicted octanol–water partition coefficient (Wildman–Crippen LogP) is 1.91. The minimum atomic E-state index is -4.18. The average Bonchev–Trinajstić information content (AvgIpc) is 2.54. The van der Waals surface area contributed by atoms with Crippen LogP contribution in [0.15, 0.2) is 54.6 Å². The molecule has 0 spiro atoms. The minimum Gasteiger partial charge on any atom is -0.497 e. The summed E-state index contributed by atoms with van der Waals surface area (Å²) in [4.78, 5) is 11.9. The third-order valence-corrected chi connectivity index (χ3v) is 2.71. The van der Waals surface area contributed by atoms with E-state index in [1.54, 1.807) is 66.5 Å². The molecule has 118 valence electrons. The Kier molecular flexibility index (Phi) is 7.03. The molecular formula is C14H16N2O5S.